The third-order valence-corrected chi connectivity index (χ3v) is 4.97. The summed E-state index contributed by atoms with van der Waals surface area (Å²) in [6, 6.07) is 15.8. The van der Waals surface area contributed by atoms with Crippen LogP contribution < -0.4 is 0 Å². The fourth-order valence-electron chi connectivity index (χ4n) is 3.21. The minimum absolute atomic E-state index is 0.130. The molecule has 0 radical (unpaired) electrons. The van der Waals surface area contributed by atoms with Crippen LogP contribution in [0.4, 0.5) is 0 Å². The predicted octanol–water partition coefficient (Wildman–Crippen LogP) is 3.86. The van der Waals surface area contributed by atoms with Gasteiger partial charge >= 0.3 is 5.97 Å². The molecular formula is C22H26O4. The number of aliphatic hydroxyl groups is 1. The van der Waals surface area contributed by atoms with Crippen LogP contribution >= 0.6 is 0 Å². The van der Waals surface area contributed by atoms with E-state index in [1.165, 1.54) is 5.56 Å². The van der Waals surface area contributed by atoms with E-state index in [1.54, 1.807) is 19.9 Å². The topological polar surface area (TPSA) is 59.1 Å². The highest BCUT2D eigenvalue weighted by Crippen LogP contribution is 2.34. The number of hydrogen-bond donors (Lipinski definition) is 1. The number of carbonyl (C=O) groups is 1. The van der Waals surface area contributed by atoms with Crippen molar-refractivity contribution in [2.75, 3.05) is 6.61 Å². The molecule has 1 saturated heterocycles. The number of benzene rings is 2. The monoisotopic (exact) mass is 354 g/mol. The van der Waals surface area contributed by atoms with E-state index in [2.05, 4.69) is 12.1 Å². The van der Waals surface area contributed by atoms with Crippen LogP contribution in [0.5, 0.6) is 0 Å². The van der Waals surface area contributed by atoms with Gasteiger partial charge in [0, 0.05) is 12.3 Å². The second-order valence-electron chi connectivity index (χ2n) is 6.94. The summed E-state index contributed by atoms with van der Waals surface area (Å²) in [6.07, 6.45) is 0.765. The van der Waals surface area contributed by atoms with Crippen molar-refractivity contribution in [2.24, 2.45) is 5.92 Å². The lowest BCUT2D eigenvalue weighted by Gasteiger charge is -2.11. The van der Waals surface area contributed by atoms with Gasteiger partial charge in [-0.2, -0.15) is 0 Å². The van der Waals surface area contributed by atoms with Gasteiger partial charge in [-0.25, -0.2) is 4.79 Å². The third kappa shape index (κ3) is 4.32. The normalized spacial score (nSPS) is 21.1. The average Bonchev–Trinajstić information content (AvgIpc) is 3.40. The molecule has 4 atom stereocenters. The summed E-state index contributed by atoms with van der Waals surface area (Å²) in [7, 11) is 0. The molecule has 0 saturated carbocycles. The molecule has 2 aromatic carbocycles. The van der Waals surface area contributed by atoms with Crippen LogP contribution in [0.2, 0.25) is 0 Å². The Morgan fingerprint density at radius 2 is 1.85 bits per heavy atom. The van der Waals surface area contributed by atoms with E-state index >= 15 is 0 Å². The Kier molecular flexibility index (Phi) is 5.74. The van der Waals surface area contributed by atoms with E-state index in [-0.39, 0.29) is 30.2 Å². The quantitative estimate of drug-likeness (QED) is 0.606. The van der Waals surface area contributed by atoms with Gasteiger partial charge in [-0.15, -0.1) is 0 Å². The first-order chi connectivity index (χ1) is 12.5. The predicted molar refractivity (Wildman–Crippen MR) is 101 cm³/mol. The minimum Gasteiger partial charge on any atom is -0.462 e. The first-order valence-corrected chi connectivity index (χ1v) is 9.19. The zero-order valence-corrected chi connectivity index (χ0v) is 15.5. The van der Waals surface area contributed by atoms with E-state index < -0.39 is 0 Å². The van der Waals surface area contributed by atoms with Crippen LogP contribution in [0.1, 0.15) is 36.7 Å². The summed E-state index contributed by atoms with van der Waals surface area (Å²) in [5, 5.41) is 9.70. The van der Waals surface area contributed by atoms with Crippen LogP contribution in [-0.4, -0.2) is 36.0 Å². The standard InChI is InChI=1S/C22H26O4/c1-4-25-22(24)19-10-6-9-18(13-19)17-8-5-7-16(11-17)12-20-21(26-20)14(2)15(3)23/h5-11,13-15,20-21,23H,4,12H2,1-3H3/t14-,15-,20+,21+/m0/s1. The molecule has 1 fully saturated rings. The summed E-state index contributed by atoms with van der Waals surface area (Å²) < 4.78 is 10.8. The smallest absolute Gasteiger partial charge is 0.338 e. The Bertz CT molecular complexity index is 768. The van der Waals surface area contributed by atoms with Crippen LogP contribution in [0, 0.1) is 5.92 Å². The molecule has 2 aromatic rings. The van der Waals surface area contributed by atoms with Gasteiger partial charge in [0.05, 0.1) is 30.5 Å². The van der Waals surface area contributed by atoms with Gasteiger partial charge in [-0.1, -0.05) is 43.3 Å². The van der Waals surface area contributed by atoms with Gasteiger partial charge in [-0.3, -0.25) is 0 Å². The van der Waals surface area contributed by atoms with E-state index in [4.69, 9.17) is 9.47 Å². The van der Waals surface area contributed by atoms with E-state index in [1.807, 2.05) is 37.3 Å². The van der Waals surface area contributed by atoms with Gasteiger partial charge in [0.15, 0.2) is 0 Å². The van der Waals surface area contributed by atoms with Gasteiger partial charge < -0.3 is 14.6 Å². The second-order valence-corrected chi connectivity index (χ2v) is 6.94. The first kappa shape index (κ1) is 18.6. The highest BCUT2D eigenvalue weighted by Gasteiger charge is 2.44. The number of epoxide rings is 1. The molecule has 0 aromatic heterocycles. The fourth-order valence-corrected chi connectivity index (χ4v) is 3.21. The Balaban J connectivity index is 1.72. The summed E-state index contributed by atoms with van der Waals surface area (Å²) in [5.41, 5.74) is 3.80. The Morgan fingerprint density at radius 1 is 1.15 bits per heavy atom. The van der Waals surface area contributed by atoms with Crippen LogP contribution in [-0.2, 0) is 15.9 Å². The maximum atomic E-state index is 11.9. The molecule has 138 valence electrons. The number of carbonyl (C=O) groups excluding carboxylic acids is 1. The number of ether oxygens (including phenoxy) is 2. The summed E-state index contributed by atoms with van der Waals surface area (Å²) in [5.74, 6) is -0.156. The van der Waals surface area contributed by atoms with Crippen LogP contribution in [0.25, 0.3) is 11.1 Å². The van der Waals surface area contributed by atoms with Gasteiger partial charge in [0.1, 0.15) is 0 Å². The summed E-state index contributed by atoms with van der Waals surface area (Å²) >= 11 is 0. The molecular weight excluding hydrogens is 328 g/mol. The van der Waals surface area contributed by atoms with Crippen molar-refractivity contribution in [3.05, 3.63) is 59.7 Å². The SMILES string of the molecule is CCOC(=O)c1cccc(-c2cccc(C[C@H]3O[C@@H]3[C@@H](C)[C@H](C)O)c2)c1. The van der Waals surface area contributed by atoms with Crippen LogP contribution in [0.15, 0.2) is 48.5 Å². The molecule has 0 amide bonds. The minimum atomic E-state index is -0.359. The molecule has 1 heterocycles. The molecule has 0 bridgehead atoms. The maximum absolute atomic E-state index is 11.9. The van der Waals surface area contributed by atoms with Crippen molar-refractivity contribution in [3.63, 3.8) is 0 Å². The number of hydrogen-bond acceptors (Lipinski definition) is 4. The molecule has 4 nitrogen and oxygen atoms in total. The number of esters is 1. The van der Waals surface area contributed by atoms with Crippen molar-refractivity contribution in [1.82, 2.24) is 0 Å². The highest BCUT2D eigenvalue weighted by atomic mass is 16.6. The van der Waals surface area contributed by atoms with E-state index in [0.717, 1.165) is 17.5 Å². The zero-order chi connectivity index (χ0) is 18.7. The molecule has 1 N–H and O–H groups in total. The van der Waals surface area contributed by atoms with Crippen molar-refractivity contribution in [3.8, 4) is 11.1 Å². The third-order valence-electron chi connectivity index (χ3n) is 4.97. The van der Waals surface area contributed by atoms with Crippen molar-refractivity contribution in [1.29, 1.82) is 0 Å². The first-order valence-electron chi connectivity index (χ1n) is 9.19. The molecule has 0 spiro atoms. The van der Waals surface area contributed by atoms with Crippen molar-refractivity contribution >= 4 is 5.97 Å². The average molecular weight is 354 g/mol. The van der Waals surface area contributed by atoms with Crippen LogP contribution in [0.3, 0.4) is 0 Å². The summed E-state index contributed by atoms with van der Waals surface area (Å²) in [4.78, 5) is 11.9. The lowest BCUT2D eigenvalue weighted by Crippen LogP contribution is -2.20. The lowest BCUT2D eigenvalue weighted by molar-refractivity contribution is 0.0526. The van der Waals surface area contributed by atoms with E-state index in [0.29, 0.717) is 12.2 Å². The fraction of sp³-hybridized carbons (Fsp3) is 0.409. The largest absolute Gasteiger partial charge is 0.462 e. The van der Waals surface area contributed by atoms with Crippen molar-refractivity contribution in [2.45, 2.75) is 45.5 Å². The molecule has 1 aliphatic rings. The molecule has 26 heavy (non-hydrogen) atoms. The van der Waals surface area contributed by atoms with Crippen molar-refractivity contribution < 1.29 is 19.4 Å². The van der Waals surface area contributed by atoms with Gasteiger partial charge in [0.2, 0.25) is 0 Å². The number of aliphatic hydroxyl groups excluding tert-OH is 1. The molecule has 1 aliphatic heterocycles. The Morgan fingerprint density at radius 3 is 2.54 bits per heavy atom. The molecule has 4 heteroatoms. The molecule has 0 unspecified atom stereocenters. The second kappa shape index (κ2) is 8.02. The molecule has 0 aliphatic carbocycles. The maximum Gasteiger partial charge on any atom is 0.338 e. The van der Waals surface area contributed by atoms with Gasteiger partial charge in [0.25, 0.3) is 0 Å². The van der Waals surface area contributed by atoms with E-state index in [9.17, 15) is 9.90 Å². The lowest BCUT2D eigenvalue weighted by atomic mass is 9.95. The highest BCUT2D eigenvalue weighted by molar-refractivity contribution is 5.91. The number of rotatable bonds is 7. The van der Waals surface area contributed by atoms with Gasteiger partial charge in [-0.05, 0) is 42.7 Å². The Labute approximate surface area is 154 Å². The zero-order valence-electron chi connectivity index (χ0n) is 15.5. The Hall–Kier alpha value is -2.17. The summed E-state index contributed by atoms with van der Waals surface area (Å²) in [6.45, 7) is 6.00. The molecule has 3 rings (SSSR count).